The van der Waals surface area contributed by atoms with Gasteiger partial charge in [-0.15, -0.1) is 11.3 Å². The van der Waals surface area contributed by atoms with Gasteiger partial charge in [0.15, 0.2) is 0 Å². The number of hydrogen-bond acceptors (Lipinski definition) is 6. The Kier molecular flexibility index (Phi) is 5.07. The first kappa shape index (κ1) is 18.5. The monoisotopic (exact) mass is 407 g/mol. The summed E-state index contributed by atoms with van der Waals surface area (Å²) in [4.78, 5) is 31.5. The fraction of sp³-hybridized carbons (Fsp3) is 0.0909. The lowest BCUT2D eigenvalue weighted by molar-refractivity contribution is -0.138. The molecule has 0 radical (unpaired) electrons. The molecule has 1 N–H and O–H groups in total. The minimum absolute atomic E-state index is 0.172. The van der Waals surface area contributed by atoms with Gasteiger partial charge in [0.2, 0.25) is 5.43 Å². The Balaban J connectivity index is 1.68. The van der Waals surface area contributed by atoms with Crippen LogP contribution < -0.4 is 10.9 Å². The summed E-state index contributed by atoms with van der Waals surface area (Å²) in [6, 6.07) is 20.5. The van der Waals surface area contributed by atoms with Gasteiger partial charge in [0.25, 0.3) is 0 Å². The molecule has 0 atom stereocenters. The predicted molar refractivity (Wildman–Crippen MR) is 116 cm³/mol. The van der Waals surface area contributed by atoms with E-state index in [0.717, 1.165) is 19.4 Å². The lowest BCUT2D eigenvalue weighted by Gasteiger charge is -2.09. The van der Waals surface area contributed by atoms with Crippen LogP contribution in [0.2, 0.25) is 0 Å². The summed E-state index contributed by atoms with van der Waals surface area (Å²) in [5.74, 6) is -0.494. The van der Waals surface area contributed by atoms with Crippen LogP contribution >= 0.6 is 23.1 Å². The molecule has 6 heteroatoms. The molecule has 140 valence electrons. The van der Waals surface area contributed by atoms with Crippen LogP contribution in [0, 0.1) is 6.92 Å². The van der Waals surface area contributed by atoms with E-state index in [9.17, 15) is 9.59 Å². The predicted octanol–water partition coefficient (Wildman–Crippen LogP) is 5.76. The molecule has 4 nitrogen and oxygen atoms in total. The minimum atomic E-state index is -0.494. The first-order valence-electron chi connectivity index (χ1n) is 8.69. The summed E-state index contributed by atoms with van der Waals surface area (Å²) in [5.41, 5.74) is 2.62. The number of anilines is 1. The Bertz CT molecular complexity index is 1260. The highest BCUT2D eigenvalue weighted by Crippen LogP contribution is 2.33. The van der Waals surface area contributed by atoms with E-state index in [-0.39, 0.29) is 5.43 Å². The Morgan fingerprint density at radius 3 is 2.50 bits per heavy atom. The molecule has 0 aliphatic heterocycles. The molecular formula is C22H17NO3S2. The van der Waals surface area contributed by atoms with Crippen LogP contribution in [0.1, 0.15) is 11.8 Å². The van der Waals surface area contributed by atoms with Gasteiger partial charge in [0.05, 0.1) is 0 Å². The fourth-order valence-electron chi connectivity index (χ4n) is 2.96. The number of benzene rings is 3. The van der Waals surface area contributed by atoms with Crippen molar-refractivity contribution in [1.29, 1.82) is 0 Å². The van der Waals surface area contributed by atoms with Gasteiger partial charge in [0.1, 0.15) is 5.69 Å². The highest BCUT2D eigenvalue weighted by molar-refractivity contribution is 7.99. The standard InChI is InChI=1S/C22H17NO3S2/c1-13-21(23-26-14(2)24)22(25)19-10-9-18(12-20(19)27-13)28-17-8-7-15-5-3-4-6-16(15)11-17/h3-12,23H,1-2H3. The molecule has 4 aromatic rings. The number of carbonyl (C=O) groups excluding carboxylic acids is 1. The van der Waals surface area contributed by atoms with E-state index >= 15 is 0 Å². The highest BCUT2D eigenvalue weighted by Gasteiger charge is 2.12. The lowest BCUT2D eigenvalue weighted by Crippen LogP contribution is -2.15. The second-order valence-corrected chi connectivity index (χ2v) is 8.73. The van der Waals surface area contributed by atoms with Crippen LogP contribution in [-0.4, -0.2) is 5.97 Å². The second kappa shape index (κ2) is 7.66. The van der Waals surface area contributed by atoms with Crippen LogP contribution in [-0.2, 0) is 9.63 Å². The molecule has 4 rings (SSSR count). The number of aryl methyl sites for hydroxylation is 1. The van der Waals surface area contributed by atoms with Crippen LogP contribution in [0.4, 0.5) is 5.69 Å². The SMILES string of the molecule is CC(=O)ONc1c(C)sc2cc(Sc3ccc4ccccc4c3)ccc2c1=O. The van der Waals surface area contributed by atoms with Gasteiger partial charge in [-0.25, -0.2) is 5.48 Å². The van der Waals surface area contributed by atoms with Crippen molar-refractivity contribution in [2.24, 2.45) is 0 Å². The zero-order valence-corrected chi connectivity index (χ0v) is 16.9. The molecule has 0 unspecified atom stereocenters. The largest absolute Gasteiger partial charge is 0.344 e. The van der Waals surface area contributed by atoms with Crippen LogP contribution in [0.15, 0.2) is 75.2 Å². The second-order valence-electron chi connectivity index (χ2n) is 6.33. The molecule has 0 aliphatic rings. The molecule has 1 aromatic heterocycles. The summed E-state index contributed by atoms with van der Waals surface area (Å²) in [5, 5.41) is 3.02. The number of carbonyl (C=O) groups is 1. The Labute approximate surface area is 170 Å². The maximum absolute atomic E-state index is 12.7. The molecule has 0 spiro atoms. The number of hydrogen-bond donors (Lipinski definition) is 1. The summed E-state index contributed by atoms with van der Waals surface area (Å²) >= 11 is 3.16. The Morgan fingerprint density at radius 1 is 1.00 bits per heavy atom. The Morgan fingerprint density at radius 2 is 1.71 bits per heavy atom. The molecule has 3 aromatic carbocycles. The van der Waals surface area contributed by atoms with Crippen molar-refractivity contribution >= 4 is 55.6 Å². The van der Waals surface area contributed by atoms with E-state index < -0.39 is 5.97 Å². The lowest BCUT2D eigenvalue weighted by atomic mass is 10.1. The molecule has 0 bridgehead atoms. The van der Waals surface area contributed by atoms with Gasteiger partial charge < -0.3 is 4.84 Å². The summed E-state index contributed by atoms with van der Waals surface area (Å²) in [6.45, 7) is 3.12. The first-order valence-corrected chi connectivity index (χ1v) is 10.3. The normalized spacial score (nSPS) is 10.9. The van der Waals surface area contributed by atoms with E-state index in [1.54, 1.807) is 11.8 Å². The van der Waals surface area contributed by atoms with Crippen LogP contribution in [0.3, 0.4) is 0 Å². The van der Waals surface area contributed by atoms with Crippen molar-refractivity contribution in [3.8, 4) is 0 Å². The van der Waals surface area contributed by atoms with Crippen molar-refractivity contribution < 1.29 is 9.63 Å². The Hall–Kier alpha value is -2.83. The van der Waals surface area contributed by atoms with Gasteiger partial charge in [-0.1, -0.05) is 42.1 Å². The first-order chi connectivity index (χ1) is 13.5. The zero-order valence-electron chi connectivity index (χ0n) is 15.3. The van der Waals surface area contributed by atoms with Gasteiger partial charge >= 0.3 is 5.97 Å². The van der Waals surface area contributed by atoms with Crippen LogP contribution in [0.25, 0.3) is 20.9 Å². The summed E-state index contributed by atoms with van der Waals surface area (Å²) in [6.07, 6.45) is 0. The smallest absolute Gasteiger partial charge is 0.329 e. The van der Waals surface area contributed by atoms with E-state index in [1.165, 1.54) is 29.0 Å². The topological polar surface area (TPSA) is 55.4 Å². The molecular weight excluding hydrogens is 390 g/mol. The average molecular weight is 408 g/mol. The third kappa shape index (κ3) is 3.74. The maximum Gasteiger partial charge on any atom is 0.329 e. The molecule has 1 heterocycles. The molecule has 0 saturated heterocycles. The van der Waals surface area contributed by atoms with Crippen molar-refractivity contribution in [3.63, 3.8) is 0 Å². The minimum Gasteiger partial charge on any atom is -0.344 e. The van der Waals surface area contributed by atoms with Crippen molar-refractivity contribution in [3.05, 3.63) is 75.8 Å². The number of rotatable bonds is 4. The molecule has 28 heavy (non-hydrogen) atoms. The molecule has 0 amide bonds. The molecule has 0 aliphatic carbocycles. The van der Waals surface area contributed by atoms with Gasteiger partial charge in [-0.2, -0.15) is 0 Å². The highest BCUT2D eigenvalue weighted by atomic mass is 32.2. The maximum atomic E-state index is 12.7. The van der Waals surface area contributed by atoms with E-state index in [0.29, 0.717) is 11.1 Å². The molecule has 0 saturated carbocycles. The third-order valence-corrected chi connectivity index (χ3v) is 6.34. The number of fused-ring (bicyclic) bond motifs is 2. The zero-order chi connectivity index (χ0) is 19.7. The van der Waals surface area contributed by atoms with Crippen LogP contribution in [0.5, 0.6) is 0 Å². The number of nitrogens with one attached hydrogen (secondary N) is 1. The van der Waals surface area contributed by atoms with E-state index in [2.05, 4.69) is 35.8 Å². The fourth-order valence-corrected chi connectivity index (χ4v) is 4.96. The van der Waals surface area contributed by atoms with Gasteiger partial charge in [0, 0.05) is 31.7 Å². The third-order valence-electron chi connectivity index (χ3n) is 4.29. The quantitative estimate of drug-likeness (QED) is 0.436. The van der Waals surface area contributed by atoms with E-state index in [4.69, 9.17) is 4.84 Å². The van der Waals surface area contributed by atoms with Crippen molar-refractivity contribution in [1.82, 2.24) is 0 Å². The molecule has 0 fully saturated rings. The van der Waals surface area contributed by atoms with Gasteiger partial charge in [-0.3, -0.25) is 9.59 Å². The summed E-state index contributed by atoms with van der Waals surface area (Å²) < 4.78 is 0.904. The van der Waals surface area contributed by atoms with E-state index in [1.807, 2.05) is 37.3 Å². The van der Waals surface area contributed by atoms with Crippen molar-refractivity contribution in [2.45, 2.75) is 23.6 Å². The van der Waals surface area contributed by atoms with Crippen molar-refractivity contribution in [2.75, 3.05) is 5.48 Å². The van der Waals surface area contributed by atoms with Gasteiger partial charge in [-0.05, 0) is 48.0 Å². The average Bonchev–Trinajstić information content (AvgIpc) is 2.67. The summed E-state index contributed by atoms with van der Waals surface area (Å²) in [7, 11) is 0.